The van der Waals surface area contributed by atoms with Gasteiger partial charge in [0, 0.05) is 41.8 Å². The molecule has 1 aromatic rings. The summed E-state index contributed by atoms with van der Waals surface area (Å²) in [6.07, 6.45) is 7.95. The number of hydrogen-bond donors (Lipinski definition) is 3. The van der Waals surface area contributed by atoms with E-state index in [1.807, 2.05) is 83.6 Å². The summed E-state index contributed by atoms with van der Waals surface area (Å²) < 4.78 is 71.3. The molecule has 1 aliphatic carbocycles. The van der Waals surface area contributed by atoms with Gasteiger partial charge < -0.3 is 9.73 Å². The average Bonchev–Trinajstić information content (AvgIpc) is 2.85. The third-order valence-electron chi connectivity index (χ3n) is 6.05. The summed E-state index contributed by atoms with van der Waals surface area (Å²) in [6, 6.07) is 17.4. The van der Waals surface area contributed by atoms with Crippen LogP contribution in [0.15, 0.2) is 77.4 Å². The first kappa shape index (κ1) is 34.9. The maximum atomic E-state index is 11.2. The summed E-state index contributed by atoms with van der Waals surface area (Å²) in [7, 11) is -8.27. The van der Waals surface area contributed by atoms with Gasteiger partial charge in [-0.25, -0.2) is 4.58 Å². The molecule has 0 saturated carbocycles. The fourth-order valence-corrected chi connectivity index (χ4v) is 5.03. The number of nitrogens with one attached hydrogen (secondary N) is 1. The van der Waals surface area contributed by atoms with E-state index in [2.05, 4.69) is 26.1 Å². The summed E-state index contributed by atoms with van der Waals surface area (Å²) in [5, 5.41) is 3.92. The first-order chi connectivity index (χ1) is 18.7. The van der Waals surface area contributed by atoms with Crippen LogP contribution in [0.4, 0.5) is 5.69 Å². The summed E-state index contributed by atoms with van der Waals surface area (Å²) in [6.45, 7) is 6.66. The van der Waals surface area contributed by atoms with Crippen molar-refractivity contribution in [2.45, 2.75) is 39.0 Å². The van der Waals surface area contributed by atoms with Crippen LogP contribution in [0.1, 0.15) is 44.9 Å². The standard InChI is InChI=1S/C29H36N2O7S2.Na/c1-29(2,3)28-21-23(11-7-8-16-30-24-12-5-4-6-13-24)26-15-14-25(22-27(26)38-28)31(17-9-19-39(32,33)34)18-10-20-40(35,36)37;/h4-8,11-16,21-22H,9-10,17-20H2,1-3H3,(H2,32,33,34,35,36,37);/q;+1/p+1. The largest absolute Gasteiger partial charge is 1.00 e. The molecule has 216 valence electrons. The minimum Gasteiger partial charge on any atom is -0.460 e. The third-order valence-corrected chi connectivity index (χ3v) is 7.66. The molecule has 2 aliphatic rings. The second-order valence-electron chi connectivity index (χ2n) is 10.5. The van der Waals surface area contributed by atoms with Gasteiger partial charge >= 0.3 is 29.6 Å². The van der Waals surface area contributed by atoms with Crippen LogP contribution in [0, 0.1) is 0 Å². The molecule has 0 spiro atoms. The van der Waals surface area contributed by atoms with Gasteiger partial charge in [-0.15, -0.1) is 0 Å². The Kier molecular flexibility index (Phi) is 13.0. The van der Waals surface area contributed by atoms with E-state index in [4.69, 9.17) is 13.5 Å². The molecule has 1 aliphatic heterocycles. The number of hydrogen-bond acceptors (Lipinski definition) is 6. The van der Waals surface area contributed by atoms with Crippen molar-refractivity contribution in [3.05, 3.63) is 89.6 Å². The minimum absolute atomic E-state index is 0. The summed E-state index contributed by atoms with van der Waals surface area (Å²) in [4.78, 5) is 0. The Morgan fingerprint density at radius 2 is 1.49 bits per heavy atom. The normalized spacial score (nSPS) is 12.6. The zero-order chi connectivity index (χ0) is 29.4. The monoisotopic (exact) mass is 612 g/mol. The zero-order valence-corrected chi connectivity index (χ0v) is 27.6. The molecule has 0 radical (unpaired) electrons. The number of benzene rings is 2. The van der Waals surface area contributed by atoms with Gasteiger partial charge in [0.2, 0.25) is 5.36 Å². The molecule has 0 amide bonds. The van der Waals surface area contributed by atoms with Crippen LogP contribution in [0.5, 0.6) is 0 Å². The van der Waals surface area contributed by atoms with E-state index in [-0.39, 0.29) is 60.9 Å². The minimum atomic E-state index is -4.14. The topological polar surface area (TPSA) is 137 Å². The Labute approximate surface area is 264 Å². The van der Waals surface area contributed by atoms with E-state index in [1.165, 1.54) is 0 Å². The molecule has 0 atom stereocenters. The van der Waals surface area contributed by atoms with Crippen LogP contribution in [0.3, 0.4) is 0 Å². The van der Waals surface area contributed by atoms with Crippen molar-refractivity contribution >= 4 is 32.0 Å². The fraction of sp³-hybridized carbons (Fsp3) is 0.345. The maximum Gasteiger partial charge on any atom is 1.00 e. The van der Waals surface area contributed by atoms with E-state index in [0.29, 0.717) is 11.1 Å². The molecular weight excluding hydrogens is 575 g/mol. The van der Waals surface area contributed by atoms with Gasteiger partial charge in [0.15, 0.2) is 0 Å². The first-order valence-electron chi connectivity index (χ1n) is 12.9. The van der Waals surface area contributed by atoms with E-state index < -0.39 is 31.7 Å². The molecule has 9 nitrogen and oxygen atoms in total. The number of allylic oxidation sites excluding steroid dienone is 2. The average molecular weight is 613 g/mol. The van der Waals surface area contributed by atoms with Crippen molar-refractivity contribution in [1.29, 1.82) is 0 Å². The molecule has 12 heteroatoms. The Morgan fingerprint density at radius 1 is 0.878 bits per heavy atom. The second-order valence-corrected chi connectivity index (χ2v) is 13.6. The van der Waals surface area contributed by atoms with Gasteiger partial charge in [0.25, 0.3) is 20.2 Å². The van der Waals surface area contributed by atoms with Crippen LogP contribution in [0.25, 0.3) is 17.4 Å². The van der Waals surface area contributed by atoms with Crippen LogP contribution < -0.4 is 44.8 Å². The van der Waals surface area contributed by atoms with E-state index >= 15 is 0 Å². The number of rotatable bonds is 12. The molecule has 0 aromatic heterocycles. The van der Waals surface area contributed by atoms with Gasteiger partial charge in [-0.2, -0.15) is 16.8 Å². The SMILES string of the molecule is CC(C)(C)c1cc(C=CC=CNc2ccccc2)c2ccc(=[N+](CCCS(=O)(=O)O)CCCS(=O)(=O)O)cc-2o1.[Na+]. The van der Waals surface area contributed by atoms with Crippen LogP contribution in [-0.4, -0.2) is 50.5 Å². The van der Waals surface area contributed by atoms with Crippen molar-refractivity contribution < 1.29 is 59.9 Å². The predicted octanol–water partition coefficient (Wildman–Crippen LogP) is 1.65. The molecule has 0 unspecified atom stereocenters. The smallest absolute Gasteiger partial charge is 0.460 e. The van der Waals surface area contributed by atoms with Gasteiger partial charge in [-0.3, -0.25) is 9.11 Å². The number of para-hydroxylation sites is 1. The van der Waals surface area contributed by atoms with Crippen molar-refractivity contribution in [3.63, 3.8) is 0 Å². The molecule has 3 rings (SSSR count). The fourth-order valence-electron chi connectivity index (χ4n) is 4.04. The van der Waals surface area contributed by atoms with Crippen molar-refractivity contribution in [2.75, 3.05) is 29.9 Å². The molecular formula is C29H37N2NaO7S2+2. The molecule has 41 heavy (non-hydrogen) atoms. The summed E-state index contributed by atoms with van der Waals surface area (Å²) in [5.74, 6) is 0.545. The van der Waals surface area contributed by atoms with E-state index in [1.54, 1.807) is 0 Å². The number of anilines is 1. The van der Waals surface area contributed by atoms with Crippen LogP contribution in [0.2, 0.25) is 0 Å². The van der Waals surface area contributed by atoms with Crippen LogP contribution >= 0.6 is 0 Å². The molecule has 0 fully saturated rings. The van der Waals surface area contributed by atoms with E-state index in [9.17, 15) is 16.8 Å². The Morgan fingerprint density at radius 3 is 2.05 bits per heavy atom. The summed E-state index contributed by atoms with van der Waals surface area (Å²) >= 11 is 0. The maximum absolute atomic E-state index is 11.2. The van der Waals surface area contributed by atoms with Gasteiger partial charge in [0.1, 0.15) is 24.6 Å². The quantitative estimate of drug-likeness (QED) is 0.122. The molecule has 0 saturated heterocycles. The van der Waals surface area contributed by atoms with Gasteiger partial charge in [-0.1, -0.05) is 51.1 Å². The Hall–Kier alpha value is -2.25. The summed E-state index contributed by atoms with van der Waals surface area (Å²) in [5.41, 5.74) is 2.53. The predicted molar refractivity (Wildman–Crippen MR) is 159 cm³/mol. The van der Waals surface area contributed by atoms with E-state index in [0.717, 1.165) is 22.6 Å². The van der Waals surface area contributed by atoms with Gasteiger partial charge in [-0.05, 0) is 35.9 Å². The van der Waals surface area contributed by atoms with Crippen molar-refractivity contribution in [3.8, 4) is 11.3 Å². The first-order valence-corrected chi connectivity index (χ1v) is 16.1. The van der Waals surface area contributed by atoms with Crippen LogP contribution in [-0.2, 0) is 25.7 Å². The molecule has 0 bridgehead atoms. The van der Waals surface area contributed by atoms with Crippen molar-refractivity contribution in [1.82, 2.24) is 4.58 Å². The molecule has 1 heterocycles. The number of fused-ring (bicyclic) bond motifs is 1. The van der Waals surface area contributed by atoms with Gasteiger partial charge in [0.05, 0.1) is 17.6 Å². The third kappa shape index (κ3) is 12.3. The Balaban J connectivity index is 0.00000588. The Bertz CT molecular complexity index is 1570. The molecule has 3 N–H and O–H groups in total. The van der Waals surface area contributed by atoms with Crippen molar-refractivity contribution in [2.24, 2.45) is 0 Å². The second kappa shape index (κ2) is 15.3. The number of nitrogens with zero attached hydrogens (tertiary/aromatic N) is 1. The molecule has 1 aromatic carbocycles. The zero-order valence-electron chi connectivity index (χ0n) is 23.9.